The number of rotatable bonds is 5. The molecule has 5 rings (SSSR count). The second-order valence-electron chi connectivity index (χ2n) is 7.66. The van der Waals surface area contributed by atoms with Gasteiger partial charge in [-0.05, 0) is 53.9 Å². The number of benzene rings is 2. The van der Waals surface area contributed by atoms with Crippen molar-refractivity contribution in [1.82, 2.24) is 9.55 Å². The topological polar surface area (TPSA) is 47.2 Å². The van der Waals surface area contributed by atoms with E-state index in [-0.39, 0.29) is 17.5 Å². The molecule has 0 bridgehead atoms. The molecule has 0 amide bonds. The quantitative estimate of drug-likeness (QED) is 0.333. The van der Waals surface area contributed by atoms with E-state index in [0.29, 0.717) is 5.39 Å². The van der Waals surface area contributed by atoms with Gasteiger partial charge in [0.05, 0.1) is 10.9 Å². The van der Waals surface area contributed by atoms with Crippen molar-refractivity contribution < 1.29 is 0 Å². The summed E-state index contributed by atoms with van der Waals surface area (Å²) in [7, 11) is 0. The lowest BCUT2D eigenvalue weighted by molar-refractivity contribution is 0.688. The van der Waals surface area contributed by atoms with Gasteiger partial charge in [0.25, 0.3) is 5.56 Å². The molecule has 1 aliphatic carbocycles. The van der Waals surface area contributed by atoms with E-state index in [2.05, 4.69) is 36.5 Å². The highest BCUT2D eigenvalue weighted by atomic mass is 16.1. The molecule has 2 aromatic carbocycles. The highest BCUT2D eigenvalue weighted by molar-refractivity contribution is 5.95. The van der Waals surface area contributed by atoms with E-state index in [1.54, 1.807) is 12.3 Å². The number of allylic oxidation sites excluding steroid dienone is 2. The molecule has 2 unspecified atom stereocenters. The van der Waals surface area contributed by atoms with E-state index >= 15 is 0 Å². The van der Waals surface area contributed by atoms with E-state index in [1.807, 2.05) is 53.2 Å². The van der Waals surface area contributed by atoms with Crippen LogP contribution in [0.1, 0.15) is 29.6 Å². The molecule has 2 heterocycles. The van der Waals surface area contributed by atoms with Crippen molar-refractivity contribution in [1.29, 1.82) is 0 Å². The first-order chi connectivity index (χ1) is 14.7. The van der Waals surface area contributed by atoms with Gasteiger partial charge in [-0.1, -0.05) is 49.0 Å². The SMILES string of the molecule is C=N/C=C\C(=C)c1cccc2ccn(C3CC3c3ccc4ccccc4n3)c(=O)c12. The molecule has 2 atom stereocenters. The number of hydrogen-bond donors (Lipinski definition) is 0. The predicted molar refractivity (Wildman–Crippen MR) is 124 cm³/mol. The van der Waals surface area contributed by atoms with E-state index in [4.69, 9.17) is 4.98 Å². The Balaban J connectivity index is 1.54. The first-order valence-electron chi connectivity index (χ1n) is 9.98. The minimum atomic E-state index is 0.0116. The fourth-order valence-corrected chi connectivity index (χ4v) is 4.16. The number of nitrogens with zero attached hydrogens (tertiary/aromatic N) is 3. The summed E-state index contributed by atoms with van der Waals surface area (Å²) in [5, 5.41) is 2.73. The van der Waals surface area contributed by atoms with Gasteiger partial charge in [0.1, 0.15) is 0 Å². The summed E-state index contributed by atoms with van der Waals surface area (Å²) in [6, 6.07) is 20.3. The molecule has 1 saturated carbocycles. The number of hydrogen-bond acceptors (Lipinski definition) is 3. The van der Waals surface area contributed by atoms with Crippen LogP contribution in [-0.4, -0.2) is 16.3 Å². The van der Waals surface area contributed by atoms with Crippen LogP contribution in [0.15, 0.2) is 95.5 Å². The zero-order valence-electron chi connectivity index (χ0n) is 16.5. The maximum Gasteiger partial charge on any atom is 0.259 e. The van der Waals surface area contributed by atoms with Crippen LogP contribution in [0.25, 0.3) is 27.2 Å². The van der Waals surface area contributed by atoms with Crippen molar-refractivity contribution in [2.45, 2.75) is 18.4 Å². The summed E-state index contributed by atoms with van der Waals surface area (Å²) in [5.41, 5.74) is 3.62. The lowest BCUT2D eigenvalue weighted by atomic mass is 10.0. The predicted octanol–water partition coefficient (Wildman–Crippen LogP) is 5.51. The Morgan fingerprint density at radius 3 is 2.77 bits per heavy atom. The zero-order valence-corrected chi connectivity index (χ0v) is 16.5. The van der Waals surface area contributed by atoms with Gasteiger partial charge in [0, 0.05) is 35.4 Å². The average molecular weight is 391 g/mol. The van der Waals surface area contributed by atoms with E-state index < -0.39 is 0 Å². The van der Waals surface area contributed by atoms with Crippen molar-refractivity contribution in [2.75, 3.05) is 0 Å². The Hall–Kier alpha value is -3.79. The number of pyridine rings is 2. The summed E-state index contributed by atoms with van der Waals surface area (Å²) in [6.45, 7) is 7.56. The fraction of sp³-hybridized carbons (Fsp3) is 0.115. The molecule has 146 valence electrons. The molecule has 4 aromatic rings. The maximum atomic E-state index is 13.4. The number of para-hydroxylation sites is 1. The van der Waals surface area contributed by atoms with Gasteiger partial charge >= 0.3 is 0 Å². The Morgan fingerprint density at radius 2 is 1.90 bits per heavy atom. The van der Waals surface area contributed by atoms with E-state index in [1.165, 1.54) is 0 Å². The van der Waals surface area contributed by atoms with Crippen molar-refractivity contribution in [2.24, 2.45) is 4.99 Å². The van der Waals surface area contributed by atoms with Crippen LogP contribution in [0.2, 0.25) is 0 Å². The third-order valence-corrected chi connectivity index (χ3v) is 5.80. The Labute approximate surface area is 174 Å². The summed E-state index contributed by atoms with van der Waals surface area (Å²) >= 11 is 0. The summed E-state index contributed by atoms with van der Waals surface area (Å²) in [5.74, 6) is 0.255. The van der Waals surface area contributed by atoms with Gasteiger partial charge in [0.15, 0.2) is 0 Å². The minimum absolute atomic E-state index is 0.0116. The molecular weight excluding hydrogens is 370 g/mol. The molecule has 1 aliphatic rings. The standard InChI is InChI=1S/C26H21N3O/c1-17(12-14-27-2)20-8-5-7-19-13-15-29(26(30)25(19)20)24-16-21(24)23-11-10-18-6-3-4-9-22(18)28-23/h3-15,21,24H,1-2,16H2/b14-12-. The third kappa shape index (κ3) is 3.07. The van der Waals surface area contributed by atoms with Crippen LogP contribution >= 0.6 is 0 Å². The highest BCUT2D eigenvalue weighted by Crippen LogP contribution is 2.50. The second-order valence-corrected chi connectivity index (χ2v) is 7.66. The fourth-order valence-electron chi connectivity index (χ4n) is 4.16. The van der Waals surface area contributed by atoms with Crippen molar-refractivity contribution in [3.8, 4) is 0 Å². The van der Waals surface area contributed by atoms with Crippen molar-refractivity contribution >= 4 is 34.0 Å². The van der Waals surface area contributed by atoms with Gasteiger partial charge in [0.2, 0.25) is 0 Å². The smallest absolute Gasteiger partial charge is 0.259 e. The molecule has 4 heteroatoms. The van der Waals surface area contributed by atoms with Crippen LogP contribution in [0.4, 0.5) is 0 Å². The Bertz CT molecular complexity index is 1400. The van der Waals surface area contributed by atoms with Gasteiger partial charge in [-0.15, -0.1) is 0 Å². The molecule has 0 saturated heterocycles. The van der Waals surface area contributed by atoms with Crippen molar-refractivity contribution in [3.63, 3.8) is 0 Å². The Kier molecular flexibility index (Phi) is 4.40. The van der Waals surface area contributed by atoms with Gasteiger partial charge in [-0.3, -0.25) is 14.8 Å². The molecule has 2 aromatic heterocycles. The second kappa shape index (κ2) is 7.23. The number of aliphatic imine (C=N–C) groups is 1. The van der Waals surface area contributed by atoms with Crippen LogP contribution in [0.5, 0.6) is 0 Å². The van der Waals surface area contributed by atoms with Crippen LogP contribution < -0.4 is 5.56 Å². The van der Waals surface area contributed by atoms with Gasteiger partial charge < -0.3 is 4.57 Å². The summed E-state index contributed by atoms with van der Waals surface area (Å²) in [6.07, 6.45) is 6.19. The molecule has 0 radical (unpaired) electrons. The molecule has 1 fully saturated rings. The largest absolute Gasteiger partial charge is 0.311 e. The first kappa shape index (κ1) is 18.3. The lowest BCUT2D eigenvalue weighted by Gasteiger charge is -2.11. The normalized spacial score (nSPS) is 18.1. The molecule has 30 heavy (non-hydrogen) atoms. The zero-order chi connectivity index (χ0) is 20.7. The molecule has 4 nitrogen and oxygen atoms in total. The highest BCUT2D eigenvalue weighted by Gasteiger charge is 2.41. The van der Waals surface area contributed by atoms with Crippen molar-refractivity contribution in [3.05, 3.63) is 107 Å². The lowest BCUT2D eigenvalue weighted by Crippen LogP contribution is -2.20. The van der Waals surface area contributed by atoms with Gasteiger partial charge in [-0.2, -0.15) is 0 Å². The third-order valence-electron chi connectivity index (χ3n) is 5.80. The molecule has 0 N–H and O–H groups in total. The number of aromatic nitrogens is 2. The summed E-state index contributed by atoms with van der Waals surface area (Å²) < 4.78 is 1.86. The Morgan fingerprint density at radius 1 is 1.07 bits per heavy atom. The average Bonchev–Trinajstić information content (AvgIpc) is 3.57. The molecule has 0 spiro atoms. The number of fused-ring (bicyclic) bond motifs is 2. The minimum Gasteiger partial charge on any atom is -0.311 e. The van der Waals surface area contributed by atoms with Crippen LogP contribution in [0.3, 0.4) is 0 Å². The van der Waals surface area contributed by atoms with Crippen LogP contribution in [-0.2, 0) is 0 Å². The first-order valence-corrected chi connectivity index (χ1v) is 9.98. The van der Waals surface area contributed by atoms with E-state index in [0.717, 1.165) is 39.5 Å². The molecule has 0 aliphatic heterocycles. The van der Waals surface area contributed by atoms with Crippen LogP contribution in [0, 0.1) is 0 Å². The molecular formula is C26H21N3O. The van der Waals surface area contributed by atoms with Gasteiger partial charge in [-0.25, -0.2) is 0 Å². The monoisotopic (exact) mass is 391 g/mol. The maximum absolute atomic E-state index is 13.4. The van der Waals surface area contributed by atoms with E-state index in [9.17, 15) is 4.79 Å². The summed E-state index contributed by atoms with van der Waals surface area (Å²) in [4.78, 5) is 22.0.